The Morgan fingerprint density at radius 2 is 0.972 bits per heavy atom. The molecule has 0 aliphatic heterocycles. The van der Waals surface area contributed by atoms with Crippen LogP contribution < -0.4 is 10.6 Å². The molecule has 0 aliphatic carbocycles. The molecule has 8 nitrogen and oxygen atoms in total. The number of esters is 2. The van der Waals surface area contributed by atoms with Gasteiger partial charge in [-0.15, -0.1) is 13.2 Å². The smallest absolute Gasteiger partial charge is 0.339 e. The van der Waals surface area contributed by atoms with E-state index < -0.39 is 36.0 Å². The zero-order valence-corrected chi connectivity index (χ0v) is 21.1. The predicted molar refractivity (Wildman–Crippen MR) is 137 cm³/mol. The van der Waals surface area contributed by atoms with Gasteiger partial charge in [0.25, 0.3) is 11.8 Å². The third-order valence-electron chi connectivity index (χ3n) is 5.02. The van der Waals surface area contributed by atoms with Gasteiger partial charge in [0.15, 0.2) is 0 Å². The first-order valence-corrected chi connectivity index (χ1v) is 11.4. The normalized spacial score (nSPS) is 12.0. The van der Waals surface area contributed by atoms with Crippen LogP contribution in [0.25, 0.3) is 0 Å². The molecule has 0 aromatic heterocycles. The Hall–Kier alpha value is -4.20. The van der Waals surface area contributed by atoms with E-state index in [1.54, 1.807) is 24.3 Å². The highest BCUT2D eigenvalue weighted by atomic mass is 16.6. The van der Waals surface area contributed by atoms with Crippen molar-refractivity contribution in [2.24, 2.45) is 0 Å². The van der Waals surface area contributed by atoms with Gasteiger partial charge in [-0.3, -0.25) is 9.59 Å². The first kappa shape index (κ1) is 28.0. The van der Waals surface area contributed by atoms with Crippen LogP contribution in [0.3, 0.4) is 0 Å². The monoisotopic (exact) mass is 492 g/mol. The third kappa shape index (κ3) is 7.94. The molecule has 0 bridgehead atoms. The van der Waals surface area contributed by atoms with Crippen LogP contribution in [0.5, 0.6) is 0 Å². The van der Waals surface area contributed by atoms with Crippen LogP contribution in [-0.4, -0.2) is 49.1 Å². The second-order valence-electron chi connectivity index (χ2n) is 8.47. The summed E-state index contributed by atoms with van der Waals surface area (Å²) in [5.74, 6) is -3.33. The molecule has 0 radical (unpaired) electrons. The van der Waals surface area contributed by atoms with Gasteiger partial charge in [-0.2, -0.15) is 0 Å². The Morgan fingerprint density at radius 1 is 0.667 bits per heavy atom. The van der Waals surface area contributed by atoms with Gasteiger partial charge in [-0.25, -0.2) is 9.59 Å². The Bertz CT molecular complexity index is 1040. The van der Waals surface area contributed by atoms with Crippen LogP contribution in [0.15, 0.2) is 61.7 Å². The lowest BCUT2D eigenvalue weighted by atomic mass is 10.1. The minimum absolute atomic E-state index is 0.0441. The number of carbonyl (C=O) groups excluding carboxylic acids is 4. The Labute approximate surface area is 211 Å². The maximum absolute atomic E-state index is 13.0. The summed E-state index contributed by atoms with van der Waals surface area (Å²) < 4.78 is 11.0. The minimum Gasteiger partial charge on any atom is -0.444 e. The maximum atomic E-state index is 13.0. The fourth-order valence-electron chi connectivity index (χ4n) is 3.60. The van der Waals surface area contributed by atoms with Gasteiger partial charge in [0, 0.05) is 13.1 Å². The Morgan fingerprint density at radius 3 is 1.25 bits per heavy atom. The highest BCUT2D eigenvalue weighted by Gasteiger charge is 2.40. The summed E-state index contributed by atoms with van der Waals surface area (Å²) in [4.78, 5) is 52.1. The lowest BCUT2D eigenvalue weighted by Gasteiger charge is -2.25. The third-order valence-corrected chi connectivity index (χ3v) is 5.02. The fourth-order valence-corrected chi connectivity index (χ4v) is 3.60. The molecular formula is C28H32N2O6. The van der Waals surface area contributed by atoms with E-state index in [9.17, 15) is 19.2 Å². The summed E-state index contributed by atoms with van der Waals surface area (Å²) in [6, 6.07) is 10.2. The van der Waals surface area contributed by atoms with Gasteiger partial charge < -0.3 is 20.1 Å². The second kappa shape index (κ2) is 13.0. The Balaban J connectivity index is 2.46. The second-order valence-corrected chi connectivity index (χ2v) is 8.47. The number of benzene rings is 2. The summed E-state index contributed by atoms with van der Waals surface area (Å²) >= 11 is 0. The summed E-state index contributed by atoms with van der Waals surface area (Å²) in [6.07, 6.45) is -0.680. The molecule has 0 saturated carbocycles. The molecule has 0 aliphatic rings. The lowest BCUT2D eigenvalue weighted by molar-refractivity contribution is -0.147. The summed E-state index contributed by atoms with van der Waals surface area (Å²) in [7, 11) is 0. The van der Waals surface area contributed by atoms with Crippen molar-refractivity contribution in [1.29, 1.82) is 0 Å². The molecule has 36 heavy (non-hydrogen) atoms. The van der Waals surface area contributed by atoms with Crippen molar-refractivity contribution in [2.45, 2.75) is 39.9 Å². The van der Waals surface area contributed by atoms with Crippen molar-refractivity contribution in [1.82, 2.24) is 10.6 Å². The molecular weight excluding hydrogens is 460 g/mol. The number of aryl methyl sites for hydroxylation is 4. The van der Waals surface area contributed by atoms with E-state index in [0.717, 1.165) is 22.3 Å². The van der Waals surface area contributed by atoms with E-state index in [2.05, 4.69) is 23.8 Å². The van der Waals surface area contributed by atoms with Gasteiger partial charge >= 0.3 is 11.9 Å². The molecule has 8 heteroatoms. The first-order chi connectivity index (χ1) is 17.0. The SMILES string of the molecule is C=CCNC(=O)[C@H](OC(=O)c1cc(C)cc(C)c1)[C@@H](OC(=O)c1cc(C)cc(C)c1)C(=O)NCC=C. The number of hydrogen-bond acceptors (Lipinski definition) is 6. The average Bonchev–Trinajstić information content (AvgIpc) is 2.81. The average molecular weight is 493 g/mol. The van der Waals surface area contributed by atoms with Crippen LogP contribution in [0.2, 0.25) is 0 Å². The van der Waals surface area contributed by atoms with Gasteiger partial charge in [0.05, 0.1) is 11.1 Å². The van der Waals surface area contributed by atoms with Crippen LogP contribution in [0, 0.1) is 27.7 Å². The predicted octanol–water partition coefficient (Wildman–Crippen LogP) is 3.28. The van der Waals surface area contributed by atoms with Crippen LogP contribution in [0.1, 0.15) is 43.0 Å². The molecule has 2 rings (SSSR count). The molecule has 0 spiro atoms. The zero-order valence-electron chi connectivity index (χ0n) is 21.1. The molecule has 190 valence electrons. The van der Waals surface area contributed by atoms with Crippen molar-refractivity contribution in [3.8, 4) is 0 Å². The molecule has 0 fully saturated rings. The highest BCUT2D eigenvalue weighted by Crippen LogP contribution is 2.17. The van der Waals surface area contributed by atoms with Gasteiger partial charge in [-0.05, 0) is 52.0 Å². The fraction of sp³-hybridized carbons (Fsp3) is 0.286. The molecule has 0 unspecified atom stereocenters. The molecule has 2 amide bonds. The first-order valence-electron chi connectivity index (χ1n) is 11.4. The molecule has 2 aromatic carbocycles. The van der Waals surface area contributed by atoms with Crippen molar-refractivity contribution in [2.75, 3.05) is 13.1 Å². The summed E-state index contributed by atoms with van der Waals surface area (Å²) in [6.45, 7) is 14.4. The number of ether oxygens (including phenoxy) is 2. The van der Waals surface area contributed by atoms with Gasteiger partial charge in [-0.1, -0.05) is 46.5 Å². The zero-order chi connectivity index (χ0) is 26.8. The van der Waals surface area contributed by atoms with E-state index in [-0.39, 0.29) is 24.2 Å². The molecule has 0 heterocycles. The van der Waals surface area contributed by atoms with Crippen molar-refractivity contribution < 1.29 is 28.7 Å². The van der Waals surface area contributed by atoms with Crippen molar-refractivity contribution in [3.05, 3.63) is 95.1 Å². The van der Waals surface area contributed by atoms with Crippen molar-refractivity contribution in [3.63, 3.8) is 0 Å². The quantitative estimate of drug-likeness (QED) is 0.368. The molecule has 2 aromatic rings. The van der Waals surface area contributed by atoms with E-state index in [0.29, 0.717) is 0 Å². The lowest BCUT2D eigenvalue weighted by Crippen LogP contribution is -2.53. The maximum Gasteiger partial charge on any atom is 0.339 e. The summed E-state index contributed by atoms with van der Waals surface area (Å²) in [5, 5.41) is 5.02. The minimum atomic E-state index is -1.77. The highest BCUT2D eigenvalue weighted by molar-refractivity contribution is 5.98. The topological polar surface area (TPSA) is 111 Å². The van der Waals surface area contributed by atoms with Crippen molar-refractivity contribution >= 4 is 23.8 Å². The number of nitrogens with one attached hydrogen (secondary N) is 2. The van der Waals surface area contributed by atoms with E-state index in [1.165, 1.54) is 12.2 Å². The standard InChI is InChI=1S/C28H32N2O6/c1-7-9-29-25(31)23(35-27(33)21-13-17(3)11-18(4)14-21)24(26(32)30-10-8-2)36-28(34)22-15-19(5)12-20(6)16-22/h7-8,11-16,23-24H,1-2,9-10H2,3-6H3,(H,29,31)(H,30,32)/t23-,24-/m1/s1. The van der Waals surface area contributed by atoms with E-state index in [1.807, 2.05) is 39.8 Å². The Kier molecular flexibility index (Phi) is 10.2. The number of carbonyl (C=O) groups is 4. The van der Waals surface area contributed by atoms with E-state index >= 15 is 0 Å². The van der Waals surface area contributed by atoms with Gasteiger partial charge in [0.2, 0.25) is 12.2 Å². The molecule has 2 atom stereocenters. The van der Waals surface area contributed by atoms with Crippen LogP contribution in [0.4, 0.5) is 0 Å². The van der Waals surface area contributed by atoms with Gasteiger partial charge in [0.1, 0.15) is 0 Å². The largest absolute Gasteiger partial charge is 0.444 e. The number of hydrogen-bond donors (Lipinski definition) is 2. The summed E-state index contributed by atoms with van der Waals surface area (Å²) in [5.41, 5.74) is 3.65. The number of amides is 2. The molecule has 0 saturated heterocycles. The number of rotatable bonds is 11. The molecule has 2 N–H and O–H groups in total. The van der Waals surface area contributed by atoms with Crippen LogP contribution >= 0.6 is 0 Å². The van der Waals surface area contributed by atoms with E-state index in [4.69, 9.17) is 9.47 Å². The van der Waals surface area contributed by atoms with Crippen LogP contribution in [-0.2, 0) is 19.1 Å².